The number of fused-ring (bicyclic) bond motifs is 2. The number of aromatic nitrogens is 9. The summed E-state index contributed by atoms with van der Waals surface area (Å²) in [6.07, 6.45) is 3.22. The number of unbranched alkanes of at least 4 members (excludes halogenated alkanes) is 2. The third kappa shape index (κ3) is 6.52. The molecule has 40 heavy (non-hydrogen) atoms. The fraction of sp³-hybridized carbons (Fsp3) is 0.391. The number of rotatable bonds is 9. The van der Waals surface area contributed by atoms with E-state index in [0.717, 1.165) is 24.8 Å². The van der Waals surface area contributed by atoms with Crippen molar-refractivity contribution in [3.8, 4) is 11.4 Å². The minimum Gasteiger partial charge on any atom is -0.475 e. The highest BCUT2D eigenvalue weighted by Crippen LogP contribution is 2.18. The van der Waals surface area contributed by atoms with Gasteiger partial charge in [0, 0.05) is 37.3 Å². The number of alkyl halides is 3. The molecule has 0 aromatic carbocycles. The first-order chi connectivity index (χ1) is 19.1. The monoisotopic (exact) mass is 625 g/mol. The van der Waals surface area contributed by atoms with E-state index >= 15 is 0 Å². The van der Waals surface area contributed by atoms with Crippen LogP contribution in [0.25, 0.3) is 28.3 Å². The van der Waals surface area contributed by atoms with Crippen LogP contribution in [-0.2, 0) is 24.2 Å². The van der Waals surface area contributed by atoms with Crippen LogP contribution in [0.4, 0.5) is 13.2 Å². The molecule has 0 bridgehead atoms. The van der Waals surface area contributed by atoms with Crippen molar-refractivity contribution in [2.75, 3.05) is 0 Å². The van der Waals surface area contributed by atoms with Gasteiger partial charge in [0.25, 0.3) is 5.56 Å². The average Bonchev–Trinajstić information content (AvgIpc) is 3.65. The first kappa shape index (κ1) is 28.8. The summed E-state index contributed by atoms with van der Waals surface area (Å²) < 4.78 is 41.2. The highest BCUT2D eigenvalue weighted by molar-refractivity contribution is 9.10. The number of nitrogens with one attached hydrogen (secondary N) is 1. The Morgan fingerprint density at radius 3 is 2.52 bits per heavy atom. The third-order valence-corrected chi connectivity index (χ3v) is 6.08. The van der Waals surface area contributed by atoms with Crippen LogP contribution in [0.1, 0.15) is 44.3 Å². The van der Waals surface area contributed by atoms with Crippen molar-refractivity contribution >= 4 is 38.8 Å². The molecule has 0 aliphatic heterocycles. The Balaban J connectivity index is 0.000000470. The Kier molecular flexibility index (Phi) is 8.91. The van der Waals surface area contributed by atoms with Crippen LogP contribution in [0.15, 0.2) is 38.6 Å². The molecule has 0 fully saturated rings. The maximum Gasteiger partial charge on any atom is 0.490 e. The number of carbonyl (C=O) groups is 1. The van der Waals surface area contributed by atoms with E-state index in [1.165, 1.54) is 0 Å². The molecule has 5 rings (SSSR count). The van der Waals surface area contributed by atoms with Gasteiger partial charge in [0.2, 0.25) is 17.5 Å². The van der Waals surface area contributed by atoms with E-state index in [2.05, 4.69) is 58.1 Å². The van der Waals surface area contributed by atoms with Gasteiger partial charge in [-0.1, -0.05) is 24.9 Å². The molecule has 0 aliphatic carbocycles. The molecular formula is C23H23BrF3N9O4. The summed E-state index contributed by atoms with van der Waals surface area (Å²) in [5.74, 6) is -0.585. The quantitative estimate of drug-likeness (QED) is 0.180. The number of pyridine rings is 1. The standard InChI is InChI=1S/C21H22BrN9O2.C2HF3O2/c1-2-3-4-12-30-18-16(25-20(22)26-18)19(32)31-14(27-28-21(30)31)6-5-7-15-24-17(29-33-15)13-8-10-23-11-9-13;3-2(4,5)1(6)7/h8-11H,2-7,12H2,1H3,(H,25,26);(H,6,7). The smallest absolute Gasteiger partial charge is 0.475 e. The molecule has 5 aromatic heterocycles. The van der Waals surface area contributed by atoms with Crippen molar-refractivity contribution in [3.05, 3.63) is 51.3 Å². The van der Waals surface area contributed by atoms with Gasteiger partial charge in [-0.2, -0.15) is 18.2 Å². The van der Waals surface area contributed by atoms with Crippen molar-refractivity contribution in [2.45, 2.75) is 58.2 Å². The molecule has 0 atom stereocenters. The Hall–Kier alpha value is -4.15. The van der Waals surface area contributed by atoms with E-state index in [9.17, 15) is 18.0 Å². The minimum absolute atomic E-state index is 0.206. The number of aliphatic carboxylic acids is 1. The van der Waals surface area contributed by atoms with Crippen molar-refractivity contribution in [3.63, 3.8) is 0 Å². The van der Waals surface area contributed by atoms with Crippen LogP contribution >= 0.6 is 15.9 Å². The summed E-state index contributed by atoms with van der Waals surface area (Å²) in [5, 5.41) is 19.8. The molecule has 5 aromatic rings. The number of hydrogen-bond donors (Lipinski definition) is 2. The van der Waals surface area contributed by atoms with Gasteiger partial charge in [-0.25, -0.2) is 14.2 Å². The normalized spacial score (nSPS) is 11.6. The van der Waals surface area contributed by atoms with Gasteiger partial charge in [0.1, 0.15) is 5.82 Å². The molecule has 212 valence electrons. The summed E-state index contributed by atoms with van der Waals surface area (Å²) >= 11 is 3.35. The molecule has 13 nitrogen and oxygen atoms in total. The summed E-state index contributed by atoms with van der Waals surface area (Å²) in [5.41, 5.74) is 1.67. The second-order valence-corrected chi connectivity index (χ2v) is 9.30. The van der Waals surface area contributed by atoms with Gasteiger partial charge >= 0.3 is 12.1 Å². The van der Waals surface area contributed by atoms with Gasteiger partial charge in [0.15, 0.2) is 15.9 Å². The fourth-order valence-corrected chi connectivity index (χ4v) is 4.20. The molecule has 0 spiro atoms. The number of nitrogens with zero attached hydrogens (tertiary/aromatic N) is 8. The SMILES string of the molecule is CCCCCn1c2nc(Br)[nH]c2c(=O)n2c(CCCc3nc(-c4ccncc4)no3)nnc12.O=C(O)C(F)(F)F. The van der Waals surface area contributed by atoms with Gasteiger partial charge < -0.3 is 14.6 Å². The molecular weight excluding hydrogens is 603 g/mol. The molecule has 0 saturated heterocycles. The average molecular weight is 626 g/mol. The Morgan fingerprint density at radius 1 is 1.12 bits per heavy atom. The van der Waals surface area contributed by atoms with Crippen LogP contribution < -0.4 is 5.56 Å². The first-order valence-corrected chi connectivity index (χ1v) is 12.9. The molecule has 0 saturated carbocycles. The van der Waals surface area contributed by atoms with Crippen molar-refractivity contribution in [1.29, 1.82) is 0 Å². The van der Waals surface area contributed by atoms with Crippen molar-refractivity contribution in [1.82, 2.24) is 44.3 Å². The number of imidazole rings is 1. The predicted octanol–water partition coefficient (Wildman–Crippen LogP) is 3.97. The van der Waals surface area contributed by atoms with Gasteiger partial charge in [-0.05, 0) is 40.9 Å². The topological polar surface area (TPSA) is 170 Å². The van der Waals surface area contributed by atoms with Crippen LogP contribution in [0.3, 0.4) is 0 Å². The summed E-state index contributed by atoms with van der Waals surface area (Å²) in [4.78, 5) is 38.0. The number of carboxylic acid groups (broad SMARTS) is 1. The zero-order chi connectivity index (χ0) is 28.9. The first-order valence-electron chi connectivity index (χ1n) is 12.1. The molecule has 17 heteroatoms. The van der Waals surface area contributed by atoms with Crippen molar-refractivity contribution < 1.29 is 27.6 Å². The highest BCUT2D eigenvalue weighted by atomic mass is 79.9. The maximum atomic E-state index is 13.2. The van der Waals surface area contributed by atoms with Crippen LogP contribution in [0.5, 0.6) is 0 Å². The number of hydrogen-bond acceptors (Lipinski definition) is 9. The van der Waals surface area contributed by atoms with E-state index in [4.69, 9.17) is 14.4 Å². The summed E-state index contributed by atoms with van der Waals surface area (Å²) in [6, 6.07) is 3.66. The summed E-state index contributed by atoms with van der Waals surface area (Å²) in [7, 11) is 0. The Labute approximate surface area is 231 Å². The predicted molar refractivity (Wildman–Crippen MR) is 137 cm³/mol. The Bertz CT molecular complexity index is 1660. The van der Waals surface area contributed by atoms with Gasteiger partial charge in [-0.3, -0.25) is 14.3 Å². The lowest BCUT2D eigenvalue weighted by molar-refractivity contribution is -0.192. The lowest BCUT2D eigenvalue weighted by Gasteiger charge is -2.09. The van der Waals surface area contributed by atoms with E-state index in [-0.39, 0.29) is 5.56 Å². The lowest BCUT2D eigenvalue weighted by atomic mass is 10.2. The minimum atomic E-state index is -5.08. The zero-order valence-corrected chi connectivity index (χ0v) is 22.6. The molecule has 0 radical (unpaired) electrons. The number of carboxylic acids is 1. The third-order valence-electron chi connectivity index (χ3n) is 5.71. The van der Waals surface area contributed by atoms with E-state index in [1.54, 1.807) is 16.8 Å². The largest absolute Gasteiger partial charge is 0.490 e. The van der Waals surface area contributed by atoms with E-state index in [1.807, 2.05) is 16.7 Å². The number of H-pyrrole nitrogens is 1. The zero-order valence-electron chi connectivity index (χ0n) is 21.0. The molecule has 5 heterocycles. The van der Waals surface area contributed by atoms with Crippen LogP contribution in [0.2, 0.25) is 0 Å². The fourth-order valence-electron chi connectivity index (χ4n) is 3.84. The second-order valence-electron chi connectivity index (χ2n) is 8.55. The highest BCUT2D eigenvalue weighted by Gasteiger charge is 2.38. The number of halogens is 4. The van der Waals surface area contributed by atoms with E-state index in [0.29, 0.717) is 65.0 Å². The number of aryl methyl sites for hydroxylation is 3. The molecule has 0 aliphatic rings. The van der Waals surface area contributed by atoms with Crippen molar-refractivity contribution in [2.24, 2.45) is 0 Å². The van der Waals surface area contributed by atoms with Crippen LogP contribution in [0, 0.1) is 0 Å². The molecule has 2 N–H and O–H groups in total. The second kappa shape index (κ2) is 12.4. The lowest BCUT2D eigenvalue weighted by Crippen LogP contribution is -2.21. The van der Waals surface area contributed by atoms with Crippen LogP contribution in [-0.4, -0.2) is 61.5 Å². The Morgan fingerprint density at radius 2 is 1.85 bits per heavy atom. The summed E-state index contributed by atoms with van der Waals surface area (Å²) in [6.45, 7) is 2.86. The van der Waals surface area contributed by atoms with Gasteiger partial charge in [0.05, 0.1) is 0 Å². The molecule has 0 amide bonds. The van der Waals surface area contributed by atoms with Gasteiger partial charge in [-0.15, -0.1) is 10.2 Å². The van der Waals surface area contributed by atoms with E-state index < -0.39 is 12.1 Å². The number of aromatic amines is 1. The molecule has 0 unspecified atom stereocenters. The maximum absolute atomic E-state index is 13.2.